The molecule has 0 fully saturated rings. The van der Waals surface area contributed by atoms with Gasteiger partial charge in [-0.2, -0.15) is 0 Å². The van der Waals surface area contributed by atoms with Crippen LogP contribution >= 0.6 is 0 Å². The minimum atomic E-state index is -2.81. The number of hydrogen-bond donors (Lipinski definition) is 2. The molecular weight excluding hydrogens is 272 g/mol. The molecule has 1 atom stereocenters. The summed E-state index contributed by atoms with van der Waals surface area (Å²) >= 11 is 0. The van der Waals surface area contributed by atoms with E-state index in [1.54, 1.807) is 24.3 Å². The Morgan fingerprint density at radius 3 is 2.40 bits per heavy atom. The van der Waals surface area contributed by atoms with Crippen LogP contribution in [0.2, 0.25) is 0 Å². The van der Waals surface area contributed by atoms with Crippen LogP contribution in [-0.4, -0.2) is 36.1 Å². The number of rotatable bonds is 7. The number of alkyl halides is 2. The molecule has 0 bridgehead atoms. The van der Waals surface area contributed by atoms with Crippen LogP contribution < -0.4 is 10.1 Å². The van der Waals surface area contributed by atoms with Crippen molar-refractivity contribution in [2.24, 2.45) is 0 Å². The zero-order valence-electron chi connectivity index (χ0n) is 10.8. The van der Waals surface area contributed by atoms with Crippen LogP contribution in [0.25, 0.3) is 0 Å². The van der Waals surface area contributed by atoms with Gasteiger partial charge in [-0.25, -0.2) is 13.6 Å². The summed E-state index contributed by atoms with van der Waals surface area (Å²) in [7, 11) is 0. The Bertz CT molecular complexity index is 462. The molecule has 2 N–H and O–H groups in total. The summed E-state index contributed by atoms with van der Waals surface area (Å²) in [5.41, 5.74) is 1.02. The zero-order valence-corrected chi connectivity index (χ0v) is 10.8. The van der Waals surface area contributed by atoms with Crippen molar-refractivity contribution >= 4 is 11.9 Å². The van der Waals surface area contributed by atoms with Crippen molar-refractivity contribution in [3.05, 3.63) is 29.8 Å². The van der Waals surface area contributed by atoms with Crippen molar-refractivity contribution in [3.63, 3.8) is 0 Å². The molecule has 0 aliphatic carbocycles. The molecule has 1 aromatic rings. The first-order valence-corrected chi connectivity index (χ1v) is 5.88. The zero-order chi connectivity index (χ0) is 15.1. The highest BCUT2D eigenvalue weighted by atomic mass is 19.3. The summed E-state index contributed by atoms with van der Waals surface area (Å²) < 4.78 is 29.4. The van der Waals surface area contributed by atoms with Crippen molar-refractivity contribution in [1.82, 2.24) is 5.32 Å². The molecule has 1 amide bonds. The van der Waals surface area contributed by atoms with E-state index in [0.717, 1.165) is 5.56 Å². The fourth-order valence-corrected chi connectivity index (χ4v) is 1.42. The third-order valence-corrected chi connectivity index (χ3v) is 2.44. The fraction of sp³-hybridized carbons (Fsp3) is 0.385. The highest BCUT2D eigenvalue weighted by Gasteiger charge is 2.24. The van der Waals surface area contributed by atoms with Gasteiger partial charge < -0.3 is 15.2 Å². The maximum Gasteiger partial charge on any atom is 0.326 e. The lowest BCUT2D eigenvalue weighted by Gasteiger charge is -2.14. The average Bonchev–Trinajstić information content (AvgIpc) is 2.36. The lowest BCUT2D eigenvalue weighted by Crippen LogP contribution is -2.44. The van der Waals surface area contributed by atoms with Gasteiger partial charge in [0.1, 0.15) is 11.8 Å². The molecule has 0 aromatic heterocycles. The summed E-state index contributed by atoms with van der Waals surface area (Å²) in [5, 5.41) is 10.7. The number of amides is 1. The second kappa shape index (κ2) is 7.42. The summed E-state index contributed by atoms with van der Waals surface area (Å²) in [5.74, 6) is -1.83. The first-order chi connectivity index (χ1) is 9.38. The molecule has 7 heteroatoms. The molecular formula is C13H15F2NO4. The number of halogens is 2. The number of aliphatic carboxylic acids is 1. The van der Waals surface area contributed by atoms with Gasteiger partial charge in [-0.1, -0.05) is 17.7 Å². The molecule has 0 saturated heterocycles. The third kappa shape index (κ3) is 5.64. The Morgan fingerprint density at radius 1 is 1.30 bits per heavy atom. The number of carboxylic acids is 1. The monoisotopic (exact) mass is 287 g/mol. The standard InChI is InChI=1S/C13H15F2NO4/c1-8-2-4-9(5-3-8)20-7-12(17)16-10(13(18)19)6-11(14)15/h2-5,10-11H,6-7H2,1H3,(H,16,17)(H,18,19). The van der Waals surface area contributed by atoms with E-state index in [2.05, 4.69) is 0 Å². The SMILES string of the molecule is Cc1ccc(OCC(=O)NC(CC(F)F)C(=O)O)cc1. The molecule has 1 unspecified atom stereocenters. The summed E-state index contributed by atoms with van der Waals surface area (Å²) in [4.78, 5) is 22.1. The first-order valence-electron chi connectivity index (χ1n) is 5.88. The number of ether oxygens (including phenoxy) is 1. The topological polar surface area (TPSA) is 75.6 Å². The number of carbonyl (C=O) groups excluding carboxylic acids is 1. The van der Waals surface area contributed by atoms with Crippen LogP contribution in [0.15, 0.2) is 24.3 Å². The Kier molecular flexibility index (Phi) is 5.89. The van der Waals surface area contributed by atoms with E-state index in [1.165, 1.54) is 0 Å². The van der Waals surface area contributed by atoms with Crippen LogP contribution in [0.1, 0.15) is 12.0 Å². The van der Waals surface area contributed by atoms with Crippen LogP contribution in [0.5, 0.6) is 5.75 Å². The van der Waals surface area contributed by atoms with Gasteiger partial charge in [0.25, 0.3) is 5.91 Å². The molecule has 0 aliphatic rings. The van der Waals surface area contributed by atoms with Crippen molar-refractivity contribution in [1.29, 1.82) is 0 Å². The van der Waals surface area contributed by atoms with Crippen molar-refractivity contribution in [2.75, 3.05) is 6.61 Å². The Labute approximate surface area is 114 Å². The lowest BCUT2D eigenvalue weighted by molar-refractivity contribution is -0.143. The van der Waals surface area contributed by atoms with Crippen LogP contribution in [-0.2, 0) is 9.59 Å². The molecule has 0 heterocycles. The quantitative estimate of drug-likeness (QED) is 0.798. The number of hydrogen-bond acceptors (Lipinski definition) is 3. The van der Waals surface area contributed by atoms with Gasteiger partial charge in [0, 0.05) is 6.42 Å². The van der Waals surface area contributed by atoms with Gasteiger partial charge in [0.15, 0.2) is 6.61 Å². The predicted molar refractivity (Wildman–Crippen MR) is 66.9 cm³/mol. The largest absolute Gasteiger partial charge is 0.484 e. The van der Waals surface area contributed by atoms with Gasteiger partial charge in [-0.05, 0) is 19.1 Å². The molecule has 0 saturated carbocycles. The van der Waals surface area contributed by atoms with Gasteiger partial charge in [0.05, 0.1) is 0 Å². The number of carbonyl (C=O) groups is 2. The van der Waals surface area contributed by atoms with Gasteiger partial charge in [0.2, 0.25) is 6.43 Å². The molecule has 1 rings (SSSR count). The van der Waals surface area contributed by atoms with Gasteiger partial charge in [-0.15, -0.1) is 0 Å². The van der Waals surface area contributed by atoms with Crippen molar-refractivity contribution in [3.8, 4) is 5.75 Å². The molecule has 20 heavy (non-hydrogen) atoms. The lowest BCUT2D eigenvalue weighted by atomic mass is 10.2. The number of nitrogens with one attached hydrogen (secondary N) is 1. The van der Waals surface area contributed by atoms with Gasteiger partial charge in [-0.3, -0.25) is 4.79 Å². The highest BCUT2D eigenvalue weighted by Crippen LogP contribution is 2.11. The van der Waals surface area contributed by atoms with Crippen LogP contribution in [0, 0.1) is 6.92 Å². The maximum absolute atomic E-state index is 12.1. The van der Waals surface area contributed by atoms with E-state index in [0.29, 0.717) is 5.75 Å². The molecule has 110 valence electrons. The smallest absolute Gasteiger partial charge is 0.326 e. The summed E-state index contributed by atoms with van der Waals surface area (Å²) in [6.45, 7) is 1.45. The van der Waals surface area contributed by atoms with Gasteiger partial charge >= 0.3 is 5.97 Å². The highest BCUT2D eigenvalue weighted by molar-refractivity contribution is 5.84. The minimum Gasteiger partial charge on any atom is -0.484 e. The third-order valence-electron chi connectivity index (χ3n) is 2.44. The minimum absolute atomic E-state index is 0.434. The van der Waals surface area contributed by atoms with E-state index in [4.69, 9.17) is 9.84 Å². The summed E-state index contributed by atoms with van der Waals surface area (Å²) in [6, 6.07) is 5.24. The van der Waals surface area contributed by atoms with Crippen molar-refractivity contribution in [2.45, 2.75) is 25.8 Å². The number of benzene rings is 1. The second-order valence-electron chi connectivity index (χ2n) is 4.19. The summed E-state index contributed by atoms with van der Waals surface area (Å²) in [6.07, 6.45) is -3.75. The predicted octanol–water partition coefficient (Wildman–Crippen LogP) is 1.60. The van der Waals surface area contributed by atoms with Crippen LogP contribution in [0.4, 0.5) is 8.78 Å². The molecule has 0 aliphatic heterocycles. The molecule has 0 spiro atoms. The molecule has 1 aromatic carbocycles. The Balaban J connectivity index is 2.45. The first kappa shape index (κ1) is 15.9. The number of carboxylic acid groups (broad SMARTS) is 1. The average molecular weight is 287 g/mol. The molecule has 5 nitrogen and oxygen atoms in total. The second-order valence-corrected chi connectivity index (χ2v) is 4.19. The van der Waals surface area contributed by atoms with Crippen molar-refractivity contribution < 1.29 is 28.2 Å². The Hall–Kier alpha value is -2.18. The van der Waals surface area contributed by atoms with E-state index in [-0.39, 0.29) is 0 Å². The van der Waals surface area contributed by atoms with E-state index in [9.17, 15) is 18.4 Å². The van der Waals surface area contributed by atoms with E-state index in [1.807, 2.05) is 12.2 Å². The normalized spacial score (nSPS) is 12.0. The van der Waals surface area contributed by atoms with E-state index < -0.39 is 37.4 Å². The van der Waals surface area contributed by atoms with Crippen LogP contribution in [0.3, 0.4) is 0 Å². The number of aryl methyl sites for hydroxylation is 1. The fourth-order valence-electron chi connectivity index (χ4n) is 1.42. The maximum atomic E-state index is 12.1. The Morgan fingerprint density at radius 2 is 1.90 bits per heavy atom. The molecule has 0 radical (unpaired) electrons. The van der Waals surface area contributed by atoms with E-state index >= 15 is 0 Å².